The van der Waals surface area contributed by atoms with Gasteiger partial charge in [0, 0.05) is 91.3 Å². The van der Waals surface area contributed by atoms with Gasteiger partial charge < -0.3 is 14.2 Å². The molecule has 0 bridgehead atoms. The van der Waals surface area contributed by atoms with Gasteiger partial charge in [-0.25, -0.2) is 0 Å². The monoisotopic (exact) mass is 1500 g/mol. The van der Waals surface area contributed by atoms with E-state index >= 15 is 0 Å². The fourth-order valence-corrected chi connectivity index (χ4v) is 20.9. The summed E-state index contributed by atoms with van der Waals surface area (Å²) in [6.45, 7) is 0. The Bertz CT molecular complexity index is 7140. The van der Waals surface area contributed by atoms with E-state index in [1.54, 1.807) is 0 Å². The van der Waals surface area contributed by atoms with Crippen molar-refractivity contribution in [1.82, 2.24) is 0 Å². The summed E-state index contributed by atoms with van der Waals surface area (Å²) in [4.78, 5) is 4.60. The molecule has 3 aromatic heterocycles. The average Bonchev–Trinajstić information content (AvgIpc) is 1.54. The Morgan fingerprint density at radius 3 is 0.939 bits per heavy atom. The molecule has 115 heavy (non-hydrogen) atoms. The Hall–Kier alpha value is -14.2. The second-order valence-corrected chi connectivity index (χ2v) is 32.3. The maximum atomic E-state index is 6.32. The Morgan fingerprint density at radius 1 is 0.183 bits per heavy atom. The highest BCUT2D eigenvalue weighted by Crippen LogP contribution is 2.59. The van der Waals surface area contributed by atoms with Crippen molar-refractivity contribution >= 4 is 119 Å². The van der Waals surface area contributed by atoms with Crippen LogP contribution in [-0.4, -0.2) is 0 Å². The zero-order chi connectivity index (χ0) is 76.0. The third-order valence-corrected chi connectivity index (χ3v) is 26.2. The lowest BCUT2D eigenvalue weighted by Crippen LogP contribution is -2.28. The summed E-state index contributed by atoms with van der Waals surface area (Å²) in [7, 11) is 0. The summed E-state index contributed by atoms with van der Waals surface area (Å²) in [5.74, 6) is 0. The number of benzene rings is 18. The van der Waals surface area contributed by atoms with Gasteiger partial charge in [-0.15, -0.1) is 22.7 Å². The minimum absolute atomic E-state index is 0.419. The van der Waals surface area contributed by atoms with Crippen LogP contribution < -0.4 is 9.80 Å². The van der Waals surface area contributed by atoms with Gasteiger partial charge in [-0.2, -0.15) is 0 Å². The maximum absolute atomic E-state index is 6.32. The van der Waals surface area contributed by atoms with Crippen LogP contribution in [-0.2, 0) is 10.8 Å². The van der Waals surface area contributed by atoms with Crippen LogP contribution in [0.5, 0.6) is 0 Å². The standard InChI is InChI=1S/C55H35NOS.C55H37NS/c1-3-13-38(14-4-1)55(49-20-10-7-17-43(49)44-18-8-11-21-50(44)55)39-26-32-54-48(34-39)47-33-37(25-31-53(47)58-54)36-23-27-41(28-24-36)56(40-15-5-2-6-16-40)42-29-30-46-45-19-9-12-22-51(45)57-52(46)35-42;1-4-17-42(18-5-1)55(51-25-12-10-23-47(51)48-24-11-13-26-52(48)55)43-30-34-54-50(37-43)49-36-41(29-33-53(49)57-54)40-16-14-15-39(35-40)38-27-31-46(32-28-38)56(44-19-6-2-7-20-44)45-21-8-3-9-22-45/h1-35H;1-37H. The maximum Gasteiger partial charge on any atom is 0.137 e. The molecule has 5 heteroatoms. The molecule has 0 fully saturated rings. The predicted octanol–water partition coefficient (Wildman–Crippen LogP) is 30.7. The largest absolute Gasteiger partial charge is 0.456 e. The number of furan rings is 1. The molecule has 0 spiro atoms. The molecular formula is C110H72N2OS2. The van der Waals surface area contributed by atoms with Crippen molar-refractivity contribution in [2.45, 2.75) is 10.8 Å². The van der Waals surface area contributed by atoms with E-state index in [9.17, 15) is 0 Å². The fourth-order valence-electron chi connectivity index (χ4n) is 18.8. The lowest BCUT2D eigenvalue weighted by atomic mass is 9.67. The summed E-state index contributed by atoms with van der Waals surface area (Å²) in [5.41, 5.74) is 30.5. The summed E-state index contributed by atoms with van der Waals surface area (Å²) < 4.78 is 11.5. The zero-order valence-corrected chi connectivity index (χ0v) is 64.3. The second kappa shape index (κ2) is 27.9. The smallest absolute Gasteiger partial charge is 0.137 e. The number of fused-ring (bicyclic) bond motifs is 15. The third kappa shape index (κ3) is 11.2. The molecule has 0 amide bonds. The first kappa shape index (κ1) is 67.7. The molecule has 0 unspecified atom stereocenters. The van der Waals surface area contributed by atoms with Gasteiger partial charge in [0.15, 0.2) is 0 Å². The molecule has 3 heterocycles. The van der Waals surface area contributed by atoms with Crippen molar-refractivity contribution in [2.24, 2.45) is 0 Å². The topological polar surface area (TPSA) is 19.6 Å². The van der Waals surface area contributed by atoms with Gasteiger partial charge in [-0.05, 0) is 234 Å². The Balaban J connectivity index is 0.000000140. The van der Waals surface area contributed by atoms with E-state index in [4.69, 9.17) is 4.42 Å². The van der Waals surface area contributed by atoms with Crippen molar-refractivity contribution in [3.8, 4) is 55.6 Å². The van der Waals surface area contributed by atoms with E-state index in [1.165, 1.54) is 140 Å². The highest BCUT2D eigenvalue weighted by Gasteiger charge is 2.48. The molecule has 23 rings (SSSR count). The highest BCUT2D eigenvalue weighted by molar-refractivity contribution is 7.26. The Labute approximate surface area is 676 Å². The zero-order valence-electron chi connectivity index (χ0n) is 62.7. The Morgan fingerprint density at radius 2 is 0.496 bits per heavy atom. The molecule has 2 aliphatic carbocycles. The van der Waals surface area contributed by atoms with Crippen molar-refractivity contribution in [1.29, 1.82) is 0 Å². The predicted molar refractivity (Wildman–Crippen MR) is 486 cm³/mol. The van der Waals surface area contributed by atoms with E-state index in [0.717, 1.165) is 56.1 Å². The molecule has 0 saturated heterocycles. The van der Waals surface area contributed by atoms with Crippen LogP contribution in [0.25, 0.3) is 118 Å². The van der Waals surface area contributed by atoms with Crippen LogP contribution in [0.15, 0.2) is 441 Å². The molecule has 0 N–H and O–H groups in total. The number of hydrogen-bond acceptors (Lipinski definition) is 5. The molecule has 0 atom stereocenters. The van der Waals surface area contributed by atoms with Crippen molar-refractivity contribution in [3.05, 3.63) is 481 Å². The molecular weight excluding hydrogens is 1430 g/mol. The number of anilines is 6. The number of thiophene rings is 2. The fraction of sp³-hybridized carbons (Fsp3) is 0.0182. The SMILES string of the molecule is c1ccc(N(c2ccc(-c3ccc4sc5ccc(C6(c7ccccc7)c7ccccc7-c7ccccc76)cc5c4c3)cc2)c2ccc3c(c2)oc2ccccc23)cc1.c1ccc(N(c2ccccc2)c2ccc(-c3cccc(-c4ccc5sc6ccc(C7(c8ccccc8)c8ccccc8-c8ccccc87)cc6c5c4)c3)cc2)cc1. The number of nitrogens with zero attached hydrogens (tertiary/aromatic N) is 2. The van der Waals surface area contributed by atoms with Crippen LogP contribution in [0.1, 0.15) is 44.5 Å². The summed E-state index contributed by atoms with van der Waals surface area (Å²) in [6.07, 6.45) is 0. The van der Waals surface area contributed by atoms with Gasteiger partial charge >= 0.3 is 0 Å². The lowest BCUT2D eigenvalue weighted by molar-refractivity contribution is 0.669. The van der Waals surface area contributed by atoms with E-state index < -0.39 is 10.8 Å². The van der Waals surface area contributed by atoms with Gasteiger partial charge in [0.05, 0.1) is 10.8 Å². The third-order valence-electron chi connectivity index (χ3n) is 23.9. The summed E-state index contributed by atoms with van der Waals surface area (Å²) >= 11 is 3.75. The lowest BCUT2D eigenvalue weighted by Gasteiger charge is -2.34. The molecule has 3 nitrogen and oxygen atoms in total. The van der Waals surface area contributed by atoms with Crippen LogP contribution in [0, 0.1) is 0 Å². The first-order chi connectivity index (χ1) is 57.0. The first-order valence-electron chi connectivity index (χ1n) is 39.4. The van der Waals surface area contributed by atoms with E-state index in [-0.39, 0.29) is 0 Å². The average molecular weight is 1500 g/mol. The van der Waals surface area contributed by atoms with Gasteiger partial charge in [0.25, 0.3) is 0 Å². The minimum atomic E-state index is -0.427. The van der Waals surface area contributed by atoms with Crippen molar-refractivity contribution < 1.29 is 4.42 Å². The van der Waals surface area contributed by atoms with Gasteiger partial charge in [0.1, 0.15) is 11.2 Å². The number of para-hydroxylation sites is 4. The summed E-state index contributed by atoms with van der Waals surface area (Å²) in [5, 5.41) is 7.45. The quantitative estimate of drug-likeness (QED) is 0.115. The first-order valence-corrected chi connectivity index (χ1v) is 41.0. The van der Waals surface area contributed by atoms with E-state index in [2.05, 4.69) is 434 Å². The molecule has 2 aliphatic rings. The van der Waals surface area contributed by atoms with E-state index in [0.29, 0.717) is 0 Å². The van der Waals surface area contributed by atoms with Gasteiger partial charge in [0.2, 0.25) is 0 Å². The van der Waals surface area contributed by atoms with Crippen molar-refractivity contribution in [2.75, 3.05) is 9.80 Å². The van der Waals surface area contributed by atoms with Crippen LogP contribution >= 0.6 is 22.7 Å². The van der Waals surface area contributed by atoms with E-state index in [1.807, 2.05) is 34.8 Å². The van der Waals surface area contributed by atoms with Crippen LogP contribution in [0.3, 0.4) is 0 Å². The molecule has 0 radical (unpaired) electrons. The Kier molecular flexibility index (Phi) is 16.4. The van der Waals surface area contributed by atoms with Gasteiger partial charge in [-0.3, -0.25) is 0 Å². The number of rotatable bonds is 13. The molecule has 21 aromatic rings. The summed E-state index contributed by atoms with van der Waals surface area (Å²) in [6, 6.07) is 160. The normalized spacial score (nSPS) is 12.8. The molecule has 0 aliphatic heterocycles. The molecule has 540 valence electrons. The van der Waals surface area contributed by atoms with Crippen molar-refractivity contribution in [3.63, 3.8) is 0 Å². The van der Waals surface area contributed by atoms with Crippen LogP contribution in [0.4, 0.5) is 34.1 Å². The highest BCUT2D eigenvalue weighted by atomic mass is 32.1. The van der Waals surface area contributed by atoms with Gasteiger partial charge in [-0.1, -0.05) is 297 Å². The number of hydrogen-bond donors (Lipinski definition) is 0. The van der Waals surface area contributed by atoms with Crippen LogP contribution in [0.2, 0.25) is 0 Å². The molecule has 18 aromatic carbocycles. The molecule has 0 saturated carbocycles. The second-order valence-electron chi connectivity index (χ2n) is 30.1. The minimum Gasteiger partial charge on any atom is -0.456 e.